The molecule has 1 saturated heterocycles. The number of nitrogens with zero attached hydrogens (tertiary/aromatic N) is 1. The molecule has 160 valence electrons. The van der Waals surface area contributed by atoms with E-state index in [-0.39, 0.29) is 11.4 Å². The van der Waals surface area contributed by atoms with Gasteiger partial charge in [0.15, 0.2) is 0 Å². The van der Waals surface area contributed by atoms with Crippen LogP contribution >= 0.6 is 0 Å². The topological polar surface area (TPSA) is 99.8 Å². The Labute approximate surface area is 170 Å². The summed E-state index contributed by atoms with van der Waals surface area (Å²) in [7, 11) is 1.15. The second-order valence-corrected chi connectivity index (χ2v) is 7.28. The number of amides is 3. The quantitative estimate of drug-likeness (QED) is 0.476. The predicted molar refractivity (Wildman–Crippen MR) is 108 cm³/mol. The molecule has 0 radical (unpaired) electrons. The summed E-state index contributed by atoms with van der Waals surface area (Å²) in [5.74, 6) is -1.57. The number of benzene rings is 1. The Kier molecular flexibility index (Phi) is 8.85. The molecule has 1 aromatic rings. The van der Waals surface area contributed by atoms with Crippen molar-refractivity contribution < 1.29 is 23.5 Å². The van der Waals surface area contributed by atoms with Crippen molar-refractivity contribution in [2.45, 2.75) is 32.6 Å². The predicted octanol–water partition coefficient (Wildman–Crippen LogP) is 2.57. The average Bonchev–Trinajstić information content (AvgIpc) is 2.70. The number of hydrogen-bond donors (Lipinski definition) is 3. The highest BCUT2D eigenvalue weighted by molar-refractivity contribution is 6.39. The van der Waals surface area contributed by atoms with Gasteiger partial charge in [-0.15, -0.1) is 0 Å². The number of unbranched alkanes of at least 4 members (excludes halogenated alkanes) is 1. The van der Waals surface area contributed by atoms with Crippen molar-refractivity contribution in [1.82, 2.24) is 10.2 Å². The van der Waals surface area contributed by atoms with Gasteiger partial charge in [-0.1, -0.05) is 6.92 Å². The number of likely N-dealkylation sites (tertiary alicyclic amines) is 1. The fourth-order valence-electron chi connectivity index (χ4n) is 3.28. The first-order chi connectivity index (χ1) is 13.9. The summed E-state index contributed by atoms with van der Waals surface area (Å²) in [5, 5.41) is 7.15. The number of anilines is 2. The molecule has 2 rings (SSSR count). The van der Waals surface area contributed by atoms with Gasteiger partial charge in [0, 0.05) is 18.8 Å². The molecule has 0 spiro atoms. The molecule has 1 heterocycles. The SMILES string of the molecule is COC(=O)Nc1cc(NC(=O)C(=O)NCCCCN2CCCC(C)C2)ccc1F. The Morgan fingerprint density at radius 3 is 2.72 bits per heavy atom. The van der Waals surface area contributed by atoms with Gasteiger partial charge in [0.05, 0.1) is 12.8 Å². The number of ether oxygens (including phenoxy) is 1. The van der Waals surface area contributed by atoms with Crippen LogP contribution in [0.2, 0.25) is 0 Å². The van der Waals surface area contributed by atoms with Crippen molar-refractivity contribution in [3.63, 3.8) is 0 Å². The first kappa shape index (κ1) is 22.6. The van der Waals surface area contributed by atoms with Crippen LogP contribution in [0.1, 0.15) is 32.6 Å². The summed E-state index contributed by atoms with van der Waals surface area (Å²) in [6.07, 6.45) is 3.42. The van der Waals surface area contributed by atoms with Gasteiger partial charge in [-0.05, 0) is 62.9 Å². The monoisotopic (exact) mass is 408 g/mol. The first-order valence-electron chi connectivity index (χ1n) is 9.85. The van der Waals surface area contributed by atoms with E-state index in [0.717, 1.165) is 51.6 Å². The Bertz CT molecular complexity index is 728. The zero-order valence-electron chi connectivity index (χ0n) is 16.9. The summed E-state index contributed by atoms with van der Waals surface area (Å²) in [6, 6.07) is 3.57. The molecular weight excluding hydrogens is 379 g/mol. The standard InChI is InChI=1S/C20H29FN4O4/c1-14-6-5-11-25(13-14)10-4-3-9-22-18(26)19(27)23-15-7-8-16(21)17(12-15)24-20(28)29-2/h7-8,12,14H,3-6,9-11,13H2,1-2H3,(H,22,26)(H,23,27)(H,24,28). The normalized spacial score (nSPS) is 16.7. The summed E-state index contributed by atoms with van der Waals surface area (Å²) in [5.41, 5.74) is 0.0132. The van der Waals surface area contributed by atoms with Crippen LogP contribution in [0.15, 0.2) is 18.2 Å². The third-order valence-corrected chi connectivity index (χ3v) is 4.78. The fourth-order valence-corrected chi connectivity index (χ4v) is 3.28. The Morgan fingerprint density at radius 2 is 2.00 bits per heavy atom. The third kappa shape index (κ3) is 7.69. The van der Waals surface area contributed by atoms with Gasteiger partial charge in [-0.25, -0.2) is 9.18 Å². The molecule has 1 aliphatic rings. The largest absolute Gasteiger partial charge is 0.453 e. The number of halogens is 1. The van der Waals surface area contributed by atoms with Crippen LogP contribution in [0, 0.1) is 11.7 Å². The highest BCUT2D eigenvalue weighted by atomic mass is 19.1. The summed E-state index contributed by atoms with van der Waals surface area (Å²) >= 11 is 0. The molecule has 0 saturated carbocycles. The maximum Gasteiger partial charge on any atom is 0.411 e. The summed E-state index contributed by atoms with van der Waals surface area (Å²) in [6.45, 7) is 5.93. The Morgan fingerprint density at radius 1 is 1.21 bits per heavy atom. The van der Waals surface area contributed by atoms with Gasteiger partial charge in [0.2, 0.25) is 0 Å². The van der Waals surface area contributed by atoms with Crippen molar-refractivity contribution in [1.29, 1.82) is 0 Å². The van der Waals surface area contributed by atoms with Crippen LogP contribution in [-0.4, -0.2) is 56.1 Å². The summed E-state index contributed by atoms with van der Waals surface area (Å²) in [4.78, 5) is 37.6. The molecule has 0 aliphatic carbocycles. The maximum atomic E-state index is 13.7. The second-order valence-electron chi connectivity index (χ2n) is 7.28. The van der Waals surface area contributed by atoms with E-state index in [2.05, 4.69) is 32.5 Å². The van der Waals surface area contributed by atoms with Crippen LogP contribution in [-0.2, 0) is 14.3 Å². The van der Waals surface area contributed by atoms with Crippen LogP contribution in [0.5, 0.6) is 0 Å². The number of rotatable bonds is 7. The number of nitrogens with one attached hydrogen (secondary N) is 3. The highest BCUT2D eigenvalue weighted by Gasteiger charge is 2.17. The molecule has 1 atom stereocenters. The minimum absolute atomic E-state index is 0.165. The zero-order chi connectivity index (χ0) is 21.2. The lowest BCUT2D eigenvalue weighted by Crippen LogP contribution is -2.37. The zero-order valence-corrected chi connectivity index (χ0v) is 16.9. The molecule has 3 amide bonds. The van der Waals surface area contributed by atoms with E-state index in [0.29, 0.717) is 6.54 Å². The molecule has 8 nitrogen and oxygen atoms in total. The molecule has 0 aromatic heterocycles. The molecule has 0 bridgehead atoms. The second kappa shape index (κ2) is 11.4. The number of carbonyl (C=O) groups excluding carboxylic acids is 3. The van der Waals surface area contributed by atoms with Gasteiger partial charge in [-0.3, -0.25) is 14.9 Å². The molecule has 1 fully saturated rings. The van der Waals surface area contributed by atoms with E-state index >= 15 is 0 Å². The van der Waals surface area contributed by atoms with E-state index in [1.807, 2.05) is 0 Å². The Balaban J connectivity index is 1.71. The van der Waals surface area contributed by atoms with E-state index in [1.54, 1.807) is 0 Å². The van der Waals surface area contributed by atoms with Gasteiger partial charge in [0.25, 0.3) is 0 Å². The molecule has 9 heteroatoms. The van der Waals surface area contributed by atoms with Gasteiger partial charge >= 0.3 is 17.9 Å². The minimum Gasteiger partial charge on any atom is -0.453 e. The van der Waals surface area contributed by atoms with Crippen molar-refractivity contribution >= 4 is 29.3 Å². The minimum atomic E-state index is -0.856. The van der Waals surface area contributed by atoms with Crippen molar-refractivity contribution in [3.8, 4) is 0 Å². The lowest BCUT2D eigenvalue weighted by molar-refractivity contribution is -0.136. The van der Waals surface area contributed by atoms with E-state index in [1.165, 1.54) is 25.0 Å². The molecule has 3 N–H and O–H groups in total. The first-order valence-corrected chi connectivity index (χ1v) is 9.85. The van der Waals surface area contributed by atoms with Gasteiger partial charge in [0.1, 0.15) is 5.82 Å². The third-order valence-electron chi connectivity index (χ3n) is 4.78. The highest BCUT2D eigenvalue weighted by Crippen LogP contribution is 2.20. The van der Waals surface area contributed by atoms with Gasteiger partial charge in [-0.2, -0.15) is 0 Å². The van der Waals surface area contributed by atoms with Crippen LogP contribution in [0.25, 0.3) is 0 Å². The van der Waals surface area contributed by atoms with E-state index in [9.17, 15) is 18.8 Å². The van der Waals surface area contributed by atoms with Crippen LogP contribution < -0.4 is 16.0 Å². The van der Waals surface area contributed by atoms with E-state index < -0.39 is 23.7 Å². The van der Waals surface area contributed by atoms with Crippen molar-refractivity contribution in [3.05, 3.63) is 24.0 Å². The molecule has 1 unspecified atom stereocenters. The molecule has 1 aliphatic heterocycles. The fraction of sp³-hybridized carbons (Fsp3) is 0.550. The molecular formula is C20H29FN4O4. The maximum absolute atomic E-state index is 13.7. The lowest BCUT2D eigenvalue weighted by Gasteiger charge is -2.30. The molecule has 29 heavy (non-hydrogen) atoms. The number of piperidine rings is 1. The van der Waals surface area contributed by atoms with Crippen molar-refractivity contribution in [2.75, 3.05) is 43.9 Å². The van der Waals surface area contributed by atoms with Crippen molar-refractivity contribution in [2.24, 2.45) is 5.92 Å². The van der Waals surface area contributed by atoms with Crippen LogP contribution in [0.4, 0.5) is 20.6 Å². The van der Waals surface area contributed by atoms with E-state index in [4.69, 9.17) is 0 Å². The van der Waals surface area contributed by atoms with Crippen LogP contribution in [0.3, 0.4) is 0 Å². The Hall–Kier alpha value is -2.68. The lowest BCUT2D eigenvalue weighted by atomic mass is 10.0. The number of hydrogen-bond acceptors (Lipinski definition) is 5. The number of methoxy groups -OCH3 is 1. The number of carbonyl (C=O) groups is 3. The van der Waals surface area contributed by atoms with Gasteiger partial charge < -0.3 is 20.3 Å². The smallest absolute Gasteiger partial charge is 0.411 e. The molecule has 1 aromatic carbocycles. The summed E-state index contributed by atoms with van der Waals surface area (Å²) < 4.78 is 18.1. The average molecular weight is 408 g/mol.